The van der Waals surface area contributed by atoms with Crippen molar-refractivity contribution in [1.82, 2.24) is 5.32 Å². The summed E-state index contributed by atoms with van der Waals surface area (Å²) < 4.78 is 1.98. The Balaban J connectivity index is 1.84. The van der Waals surface area contributed by atoms with Crippen molar-refractivity contribution in [3.8, 4) is 0 Å². The molecule has 5 nitrogen and oxygen atoms in total. The molecule has 112 valence electrons. The van der Waals surface area contributed by atoms with Gasteiger partial charge in [0.15, 0.2) is 11.6 Å². The number of nitrogens with one attached hydrogen (secondary N) is 2. The van der Waals surface area contributed by atoms with Crippen LogP contribution < -0.4 is 16.4 Å². The van der Waals surface area contributed by atoms with Gasteiger partial charge in [0.1, 0.15) is 0 Å². The van der Waals surface area contributed by atoms with E-state index in [1.165, 1.54) is 6.42 Å². The molecular weight excluding hydrogens is 398 g/mol. The second-order valence-corrected chi connectivity index (χ2v) is 7.24. The van der Waals surface area contributed by atoms with Crippen LogP contribution in [0, 0.1) is 0 Å². The maximum atomic E-state index is 5.94. The number of hydrogen-bond donors (Lipinski definition) is 3. The summed E-state index contributed by atoms with van der Waals surface area (Å²) in [6.45, 7) is 0. The van der Waals surface area contributed by atoms with Crippen LogP contribution in [0.1, 0.15) is 32.1 Å². The minimum Gasteiger partial charge on any atom is -0.370 e. The van der Waals surface area contributed by atoms with Gasteiger partial charge in [0.25, 0.3) is 0 Å². The Morgan fingerprint density at radius 2 is 1.71 bits per heavy atom. The largest absolute Gasteiger partial charge is 0.370 e. The fourth-order valence-corrected chi connectivity index (χ4v) is 4.09. The van der Waals surface area contributed by atoms with Crippen LogP contribution in [0.5, 0.6) is 0 Å². The zero-order valence-corrected chi connectivity index (χ0v) is 14.7. The van der Waals surface area contributed by atoms with Crippen LogP contribution in [0.15, 0.2) is 37.1 Å². The zero-order valence-electron chi connectivity index (χ0n) is 11.5. The van der Waals surface area contributed by atoms with Gasteiger partial charge in [0, 0.05) is 14.6 Å². The van der Waals surface area contributed by atoms with Crippen LogP contribution in [0.3, 0.4) is 0 Å². The number of nitrogens with zero attached hydrogens (tertiary/aromatic N) is 2. The number of rotatable bonds is 1. The molecular formula is C14H17Br2N5. The van der Waals surface area contributed by atoms with Gasteiger partial charge >= 0.3 is 0 Å². The van der Waals surface area contributed by atoms with E-state index < -0.39 is 0 Å². The molecule has 7 heteroatoms. The average molecular weight is 415 g/mol. The van der Waals surface area contributed by atoms with Gasteiger partial charge in [-0.25, -0.2) is 9.98 Å². The van der Waals surface area contributed by atoms with Gasteiger partial charge in [-0.2, -0.15) is 0 Å². The molecule has 21 heavy (non-hydrogen) atoms. The minimum absolute atomic E-state index is 0.376. The Morgan fingerprint density at radius 1 is 1.05 bits per heavy atom. The van der Waals surface area contributed by atoms with Crippen molar-refractivity contribution >= 4 is 49.5 Å². The topological polar surface area (TPSA) is 74.8 Å². The van der Waals surface area contributed by atoms with Gasteiger partial charge in [-0.05, 0) is 43.9 Å². The molecule has 1 spiro atoms. The van der Waals surface area contributed by atoms with E-state index in [1.54, 1.807) is 0 Å². The Labute approximate surface area is 140 Å². The molecule has 0 amide bonds. The lowest BCUT2D eigenvalue weighted by Gasteiger charge is -2.34. The molecule has 1 heterocycles. The molecule has 1 saturated carbocycles. The molecule has 4 N–H and O–H groups in total. The van der Waals surface area contributed by atoms with Crippen LogP contribution in [-0.4, -0.2) is 17.6 Å². The predicted octanol–water partition coefficient (Wildman–Crippen LogP) is 3.56. The first kappa shape index (κ1) is 14.8. The molecule has 0 saturated heterocycles. The molecule has 0 bridgehead atoms. The van der Waals surface area contributed by atoms with Crippen LogP contribution in [0.2, 0.25) is 0 Å². The van der Waals surface area contributed by atoms with Crippen molar-refractivity contribution in [3.05, 3.63) is 27.1 Å². The highest BCUT2D eigenvalue weighted by atomic mass is 79.9. The molecule has 1 aliphatic carbocycles. The van der Waals surface area contributed by atoms with Gasteiger partial charge in [-0.15, -0.1) is 0 Å². The van der Waals surface area contributed by atoms with E-state index in [1.807, 2.05) is 18.2 Å². The van der Waals surface area contributed by atoms with Crippen molar-refractivity contribution < 1.29 is 0 Å². The summed E-state index contributed by atoms with van der Waals surface area (Å²) in [5.41, 5.74) is 6.50. The van der Waals surface area contributed by atoms with Gasteiger partial charge in [0.05, 0.1) is 0 Å². The summed E-state index contributed by atoms with van der Waals surface area (Å²) in [6.07, 6.45) is 5.47. The zero-order chi connectivity index (χ0) is 14.9. The summed E-state index contributed by atoms with van der Waals surface area (Å²) >= 11 is 6.96. The molecule has 1 fully saturated rings. The third-order valence-corrected chi connectivity index (χ3v) is 4.59. The fraction of sp³-hybridized carbons (Fsp3) is 0.429. The molecule has 0 atom stereocenters. The van der Waals surface area contributed by atoms with E-state index in [9.17, 15) is 0 Å². The van der Waals surface area contributed by atoms with E-state index in [0.29, 0.717) is 11.9 Å². The van der Waals surface area contributed by atoms with Crippen molar-refractivity contribution in [2.24, 2.45) is 15.7 Å². The molecule has 0 aromatic heterocycles. The lowest BCUT2D eigenvalue weighted by molar-refractivity contribution is 0.307. The molecule has 0 radical (unpaired) electrons. The van der Waals surface area contributed by atoms with E-state index in [-0.39, 0.29) is 5.66 Å². The first-order valence-electron chi connectivity index (χ1n) is 7.00. The Kier molecular flexibility index (Phi) is 4.21. The Hall–Kier alpha value is -1.08. The molecule has 0 unspecified atom stereocenters. The van der Waals surface area contributed by atoms with Crippen LogP contribution in [0.25, 0.3) is 0 Å². The van der Waals surface area contributed by atoms with Crippen LogP contribution >= 0.6 is 31.9 Å². The van der Waals surface area contributed by atoms with Crippen molar-refractivity contribution in [2.45, 2.75) is 37.8 Å². The average Bonchev–Trinajstić information content (AvgIpc) is 2.36. The number of nitrogens with two attached hydrogens (primary N) is 1. The number of halogens is 2. The quantitative estimate of drug-likeness (QED) is 0.657. The Bertz CT molecular complexity index is 585. The molecule has 1 aliphatic heterocycles. The highest BCUT2D eigenvalue weighted by molar-refractivity contribution is 9.11. The second kappa shape index (κ2) is 5.96. The van der Waals surface area contributed by atoms with Gasteiger partial charge in [-0.1, -0.05) is 38.3 Å². The van der Waals surface area contributed by atoms with E-state index in [2.05, 4.69) is 47.5 Å². The minimum atomic E-state index is -0.376. The molecule has 2 aliphatic rings. The third kappa shape index (κ3) is 3.58. The van der Waals surface area contributed by atoms with Gasteiger partial charge in [-0.3, -0.25) is 5.32 Å². The standard InChI is InChI=1S/C14H17Br2N5/c15-9-6-10(16)8-11(7-9)18-13-19-12(17)20-14(21-13)4-2-1-3-5-14/h6-8H,1-5H2,(H4,17,18,19,20,21). The van der Waals surface area contributed by atoms with Crippen LogP contribution in [0.4, 0.5) is 5.69 Å². The van der Waals surface area contributed by atoms with Gasteiger partial charge in [0.2, 0.25) is 5.96 Å². The summed E-state index contributed by atoms with van der Waals surface area (Å²) in [4.78, 5) is 9.31. The number of aliphatic imine (C=N–C) groups is 2. The van der Waals surface area contributed by atoms with E-state index in [4.69, 9.17) is 10.7 Å². The summed E-state index contributed by atoms with van der Waals surface area (Å²) in [6, 6.07) is 5.97. The van der Waals surface area contributed by atoms with Crippen molar-refractivity contribution in [2.75, 3.05) is 5.32 Å². The lowest BCUT2D eigenvalue weighted by atomic mass is 9.90. The van der Waals surface area contributed by atoms with Crippen molar-refractivity contribution in [1.29, 1.82) is 0 Å². The first-order valence-corrected chi connectivity index (χ1v) is 8.59. The summed E-state index contributed by atoms with van der Waals surface area (Å²) in [5, 5.41) is 6.29. The lowest BCUT2D eigenvalue weighted by Crippen LogP contribution is -2.49. The normalized spacial score (nSPS) is 20.5. The van der Waals surface area contributed by atoms with Gasteiger partial charge < -0.3 is 11.1 Å². The maximum Gasteiger partial charge on any atom is 0.205 e. The predicted molar refractivity (Wildman–Crippen MR) is 93.5 cm³/mol. The first-order chi connectivity index (χ1) is 10.0. The molecule has 3 rings (SSSR count). The summed E-state index contributed by atoms with van der Waals surface area (Å²) in [5.74, 6) is 1.10. The smallest absolute Gasteiger partial charge is 0.205 e. The van der Waals surface area contributed by atoms with E-state index in [0.717, 1.165) is 40.3 Å². The fourth-order valence-electron chi connectivity index (χ4n) is 2.80. The SMILES string of the molecule is NC1=NC2(CCCCC2)N=C(Nc2cc(Br)cc(Br)c2)N1. The van der Waals surface area contributed by atoms with Crippen LogP contribution in [-0.2, 0) is 0 Å². The highest BCUT2D eigenvalue weighted by Gasteiger charge is 2.34. The Morgan fingerprint density at radius 3 is 2.38 bits per heavy atom. The molecule has 1 aromatic rings. The maximum absolute atomic E-state index is 5.94. The number of anilines is 1. The third-order valence-electron chi connectivity index (χ3n) is 3.67. The summed E-state index contributed by atoms with van der Waals surface area (Å²) in [7, 11) is 0. The van der Waals surface area contributed by atoms with Crippen molar-refractivity contribution in [3.63, 3.8) is 0 Å². The highest BCUT2D eigenvalue weighted by Crippen LogP contribution is 2.34. The number of benzene rings is 1. The van der Waals surface area contributed by atoms with E-state index >= 15 is 0 Å². The molecule has 1 aromatic carbocycles. The number of guanidine groups is 2. The monoisotopic (exact) mass is 413 g/mol. The number of hydrogen-bond acceptors (Lipinski definition) is 5. The second-order valence-electron chi connectivity index (χ2n) is 5.41.